The average Bonchev–Trinajstić information content (AvgIpc) is 3.27. The van der Waals surface area contributed by atoms with Crippen molar-refractivity contribution in [2.45, 2.75) is 32.3 Å². The molecule has 1 aliphatic rings. The first-order valence-electron chi connectivity index (χ1n) is 12.6. The molecule has 194 valence electrons. The molecule has 0 radical (unpaired) electrons. The van der Waals surface area contributed by atoms with Crippen molar-refractivity contribution in [3.63, 3.8) is 0 Å². The predicted octanol–water partition coefficient (Wildman–Crippen LogP) is 6.11. The maximum absolute atomic E-state index is 13.4. The topological polar surface area (TPSA) is 71.1 Å². The maximum Gasteiger partial charge on any atom is 0.142 e. The highest BCUT2D eigenvalue weighted by Crippen LogP contribution is 2.41. The van der Waals surface area contributed by atoms with Gasteiger partial charge in [-0.2, -0.15) is 0 Å². The normalized spacial score (nSPS) is 15.1. The lowest BCUT2D eigenvalue weighted by atomic mass is 9.86. The average molecular weight is 540 g/mol. The van der Waals surface area contributed by atoms with Crippen molar-refractivity contribution in [3.8, 4) is 5.75 Å². The molecular weight excluding hydrogens is 509 g/mol. The number of benzene rings is 2. The van der Waals surface area contributed by atoms with E-state index in [0.29, 0.717) is 16.7 Å². The van der Waals surface area contributed by atoms with E-state index in [2.05, 4.69) is 25.9 Å². The van der Waals surface area contributed by atoms with Crippen molar-refractivity contribution in [2.24, 2.45) is 5.92 Å². The van der Waals surface area contributed by atoms with Crippen LogP contribution < -0.4 is 20.7 Å². The lowest BCUT2D eigenvalue weighted by Gasteiger charge is -2.22. The highest BCUT2D eigenvalue weighted by Gasteiger charge is 2.25. The van der Waals surface area contributed by atoms with E-state index in [-0.39, 0.29) is 12.4 Å². The lowest BCUT2D eigenvalue weighted by Crippen LogP contribution is -2.27. The summed E-state index contributed by atoms with van der Waals surface area (Å²) >= 11 is 8.31. The molecule has 6 nitrogen and oxygen atoms in total. The molecule has 0 saturated carbocycles. The number of aromatic nitrogens is 2. The van der Waals surface area contributed by atoms with Crippen molar-refractivity contribution in [2.75, 3.05) is 32.0 Å². The van der Waals surface area contributed by atoms with Crippen LogP contribution in [0.15, 0.2) is 48.8 Å². The first-order valence-corrected chi connectivity index (χ1v) is 13.8. The summed E-state index contributed by atoms with van der Waals surface area (Å²) in [4.78, 5) is 11.6. The van der Waals surface area contributed by atoms with Crippen LogP contribution in [0.4, 0.5) is 15.9 Å². The number of nitrogens with zero attached hydrogens (tertiary/aromatic N) is 2. The van der Waals surface area contributed by atoms with E-state index in [1.807, 2.05) is 31.3 Å². The number of nitrogens with one attached hydrogen (secondary N) is 3. The van der Waals surface area contributed by atoms with Crippen LogP contribution in [0.25, 0.3) is 10.2 Å². The van der Waals surface area contributed by atoms with E-state index in [4.69, 9.17) is 16.3 Å². The fourth-order valence-electron chi connectivity index (χ4n) is 4.78. The summed E-state index contributed by atoms with van der Waals surface area (Å²) in [6.45, 7) is 3.30. The van der Waals surface area contributed by atoms with E-state index < -0.39 is 0 Å². The molecule has 0 spiro atoms. The van der Waals surface area contributed by atoms with Crippen molar-refractivity contribution in [1.29, 1.82) is 0 Å². The Morgan fingerprint density at radius 2 is 2.05 bits per heavy atom. The summed E-state index contributed by atoms with van der Waals surface area (Å²) in [5.74, 6) is 1.76. The molecule has 2 aromatic carbocycles. The van der Waals surface area contributed by atoms with Crippen LogP contribution in [0.1, 0.15) is 28.8 Å². The molecule has 2 aromatic heterocycles. The van der Waals surface area contributed by atoms with E-state index in [9.17, 15) is 4.39 Å². The smallest absolute Gasteiger partial charge is 0.142 e. The monoisotopic (exact) mass is 539 g/mol. The standard InChI is InChI=1S/C28H31ClFN5OS/c1-31-11-12-32-10-9-18-5-7-22-25(14-18)37-28-26(22)27(33-17-34-28)35-21-6-8-24(23(29)15-21)36-16-19-3-2-4-20(30)13-19/h2-4,6,8,13,15,17-18,31-32H,5,7,9-12,14,16H2,1H3,(H,33,34,35). The molecule has 0 saturated heterocycles. The zero-order valence-corrected chi connectivity index (χ0v) is 22.4. The molecule has 1 atom stereocenters. The summed E-state index contributed by atoms with van der Waals surface area (Å²) in [6.07, 6.45) is 6.15. The second kappa shape index (κ2) is 12.2. The summed E-state index contributed by atoms with van der Waals surface area (Å²) < 4.78 is 19.2. The number of ether oxygens (including phenoxy) is 1. The summed E-state index contributed by atoms with van der Waals surface area (Å²) in [6, 6.07) is 11.9. The van der Waals surface area contributed by atoms with Crippen LogP contribution in [-0.4, -0.2) is 36.6 Å². The first-order chi connectivity index (χ1) is 18.1. The quantitative estimate of drug-likeness (QED) is 0.200. The number of halogens is 2. The number of thiophene rings is 1. The molecule has 2 heterocycles. The van der Waals surface area contributed by atoms with Crippen LogP contribution in [0.3, 0.4) is 0 Å². The van der Waals surface area contributed by atoms with E-state index >= 15 is 0 Å². The zero-order chi connectivity index (χ0) is 25.6. The van der Waals surface area contributed by atoms with E-state index in [0.717, 1.165) is 59.8 Å². The molecule has 4 aromatic rings. The molecule has 0 amide bonds. The second-order valence-electron chi connectivity index (χ2n) is 9.35. The number of likely N-dealkylation sites (N-methyl/N-ethyl adjacent to an activating group) is 1. The van der Waals surface area contributed by atoms with Crippen molar-refractivity contribution in [1.82, 2.24) is 20.6 Å². The number of hydrogen-bond acceptors (Lipinski definition) is 7. The van der Waals surface area contributed by atoms with Gasteiger partial charge in [-0.1, -0.05) is 23.7 Å². The van der Waals surface area contributed by atoms with Crippen LogP contribution in [0.2, 0.25) is 5.02 Å². The zero-order valence-electron chi connectivity index (χ0n) is 20.8. The Labute approximate surface area is 225 Å². The third-order valence-corrected chi connectivity index (χ3v) is 8.16. The third kappa shape index (κ3) is 6.38. The minimum atomic E-state index is -0.286. The minimum absolute atomic E-state index is 0.241. The number of fused-ring (bicyclic) bond motifs is 3. The number of anilines is 2. The van der Waals surface area contributed by atoms with Gasteiger partial charge in [0, 0.05) is 23.7 Å². The van der Waals surface area contributed by atoms with Gasteiger partial charge in [-0.3, -0.25) is 0 Å². The van der Waals surface area contributed by atoms with Crippen LogP contribution in [0, 0.1) is 11.7 Å². The van der Waals surface area contributed by atoms with Crippen molar-refractivity contribution < 1.29 is 9.13 Å². The second-order valence-corrected chi connectivity index (χ2v) is 10.8. The third-order valence-electron chi connectivity index (χ3n) is 6.71. The number of aryl methyl sites for hydroxylation is 1. The SMILES string of the molecule is CNCCNCCC1CCc2c(sc3ncnc(Nc4ccc(OCc5cccc(F)c5)c(Cl)c4)c23)C1. The van der Waals surface area contributed by atoms with Gasteiger partial charge >= 0.3 is 0 Å². The Hall–Kier alpha value is -2.78. The molecule has 5 rings (SSSR count). The summed E-state index contributed by atoms with van der Waals surface area (Å²) in [5.41, 5.74) is 2.95. The maximum atomic E-state index is 13.4. The highest BCUT2D eigenvalue weighted by atomic mass is 35.5. The van der Waals surface area contributed by atoms with Gasteiger partial charge in [-0.05, 0) is 86.7 Å². The molecule has 3 N–H and O–H groups in total. The van der Waals surface area contributed by atoms with E-state index in [1.165, 1.54) is 35.4 Å². The summed E-state index contributed by atoms with van der Waals surface area (Å²) in [5, 5.41) is 11.7. The molecule has 0 aliphatic heterocycles. The van der Waals surface area contributed by atoms with Gasteiger partial charge in [0.2, 0.25) is 0 Å². The van der Waals surface area contributed by atoms with Gasteiger partial charge in [-0.15, -0.1) is 11.3 Å². The Morgan fingerprint density at radius 3 is 2.89 bits per heavy atom. The number of rotatable bonds is 11. The van der Waals surface area contributed by atoms with Gasteiger partial charge in [0.1, 0.15) is 35.1 Å². The Balaban J connectivity index is 1.26. The largest absolute Gasteiger partial charge is 0.487 e. The predicted molar refractivity (Wildman–Crippen MR) is 150 cm³/mol. The Bertz CT molecular complexity index is 1360. The van der Waals surface area contributed by atoms with Gasteiger partial charge < -0.3 is 20.7 Å². The Kier molecular flexibility index (Phi) is 8.51. The molecule has 0 bridgehead atoms. The molecule has 37 heavy (non-hydrogen) atoms. The Morgan fingerprint density at radius 1 is 1.14 bits per heavy atom. The van der Waals surface area contributed by atoms with Gasteiger partial charge in [0.15, 0.2) is 0 Å². The van der Waals surface area contributed by atoms with Gasteiger partial charge in [-0.25, -0.2) is 14.4 Å². The fourth-order valence-corrected chi connectivity index (χ4v) is 6.32. The molecule has 1 unspecified atom stereocenters. The van der Waals surface area contributed by atoms with Gasteiger partial charge in [0.25, 0.3) is 0 Å². The molecular formula is C28H31ClFN5OS. The van der Waals surface area contributed by atoms with Crippen molar-refractivity contribution in [3.05, 3.63) is 75.6 Å². The lowest BCUT2D eigenvalue weighted by molar-refractivity contribution is 0.306. The fraction of sp³-hybridized carbons (Fsp3) is 0.357. The first kappa shape index (κ1) is 25.9. The minimum Gasteiger partial charge on any atom is -0.487 e. The highest BCUT2D eigenvalue weighted by molar-refractivity contribution is 7.19. The van der Waals surface area contributed by atoms with Crippen LogP contribution >= 0.6 is 22.9 Å². The van der Waals surface area contributed by atoms with Crippen LogP contribution in [-0.2, 0) is 19.4 Å². The van der Waals surface area contributed by atoms with Crippen LogP contribution in [0.5, 0.6) is 5.75 Å². The number of hydrogen-bond donors (Lipinski definition) is 3. The molecule has 0 fully saturated rings. The van der Waals surface area contributed by atoms with Crippen molar-refractivity contribution >= 4 is 44.7 Å². The summed E-state index contributed by atoms with van der Waals surface area (Å²) in [7, 11) is 1.98. The van der Waals surface area contributed by atoms with Gasteiger partial charge in [0.05, 0.1) is 10.4 Å². The molecule has 9 heteroatoms. The molecule has 1 aliphatic carbocycles. The van der Waals surface area contributed by atoms with E-state index in [1.54, 1.807) is 23.7 Å².